The van der Waals surface area contributed by atoms with Crippen molar-refractivity contribution in [3.05, 3.63) is 35.4 Å². The molecule has 2 rings (SSSR count). The Morgan fingerprint density at radius 1 is 1.35 bits per heavy atom. The maximum Gasteiger partial charge on any atom is 0.303 e. The molecule has 0 saturated carbocycles. The summed E-state index contributed by atoms with van der Waals surface area (Å²) in [6, 6.07) is 7.83. The van der Waals surface area contributed by atoms with E-state index in [0.717, 1.165) is 30.4 Å². The number of carbonyl (C=O) groups is 2. The molecule has 2 unspecified atom stereocenters. The van der Waals surface area contributed by atoms with E-state index in [-0.39, 0.29) is 24.2 Å². The van der Waals surface area contributed by atoms with Gasteiger partial charge < -0.3 is 10.4 Å². The number of benzene rings is 1. The molecule has 1 fully saturated rings. The van der Waals surface area contributed by atoms with E-state index in [0.29, 0.717) is 6.54 Å². The van der Waals surface area contributed by atoms with Crippen molar-refractivity contribution in [2.45, 2.75) is 38.5 Å². The van der Waals surface area contributed by atoms with E-state index in [2.05, 4.69) is 5.32 Å². The Kier molecular flexibility index (Phi) is 4.77. The molecule has 108 valence electrons. The minimum atomic E-state index is -0.854. The summed E-state index contributed by atoms with van der Waals surface area (Å²) in [6.45, 7) is 2.69. The van der Waals surface area contributed by atoms with E-state index < -0.39 is 5.97 Å². The molecule has 20 heavy (non-hydrogen) atoms. The van der Waals surface area contributed by atoms with Crippen LogP contribution in [0, 0.1) is 12.8 Å². The fraction of sp³-hybridized carbons (Fsp3) is 0.500. The molecular formula is C16H21NO3. The van der Waals surface area contributed by atoms with E-state index in [9.17, 15) is 9.59 Å². The normalized spacial score (nSPS) is 20.9. The van der Waals surface area contributed by atoms with E-state index >= 15 is 0 Å². The zero-order valence-corrected chi connectivity index (χ0v) is 11.8. The molecule has 1 amide bonds. The zero-order chi connectivity index (χ0) is 14.5. The molecule has 4 heteroatoms. The number of rotatable bonds is 4. The second kappa shape index (κ2) is 6.55. The van der Waals surface area contributed by atoms with Gasteiger partial charge in [-0.2, -0.15) is 0 Å². The van der Waals surface area contributed by atoms with Crippen LogP contribution in [0.3, 0.4) is 0 Å². The number of carbonyl (C=O) groups excluding carboxylic acids is 1. The smallest absolute Gasteiger partial charge is 0.303 e. The Bertz CT molecular complexity index is 481. The summed E-state index contributed by atoms with van der Waals surface area (Å²) in [5.41, 5.74) is 2.08. The monoisotopic (exact) mass is 275 g/mol. The summed E-state index contributed by atoms with van der Waals surface area (Å²) in [5.74, 6) is -1.34. The Hall–Kier alpha value is -1.84. The minimum absolute atomic E-state index is 0.00114. The van der Waals surface area contributed by atoms with Crippen molar-refractivity contribution in [3.63, 3.8) is 0 Å². The van der Waals surface area contributed by atoms with Gasteiger partial charge in [0.05, 0.1) is 6.42 Å². The Morgan fingerprint density at radius 3 is 2.70 bits per heavy atom. The molecule has 1 aliphatic heterocycles. The highest BCUT2D eigenvalue weighted by molar-refractivity contribution is 5.81. The third-order valence-electron chi connectivity index (χ3n) is 3.96. The Labute approximate surface area is 119 Å². The highest BCUT2D eigenvalue weighted by Gasteiger charge is 2.31. The lowest BCUT2D eigenvalue weighted by atomic mass is 9.80. The van der Waals surface area contributed by atoms with Gasteiger partial charge in [0.15, 0.2) is 0 Å². The first-order valence-corrected chi connectivity index (χ1v) is 7.14. The average Bonchev–Trinajstić information content (AvgIpc) is 2.62. The maximum atomic E-state index is 12.2. The lowest BCUT2D eigenvalue weighted by Gasteiger charge is -2.24. The Morgan fingerprint density at radius 2 is 2.05 bits per heavy atom. The lowest BCUT2D eigenvalue weighted by Crippen LogP contribution is -2.33. The van der Waals surface area contributed by atoms with Gasteiger partial charge in [-0.15, -0.1) is 0 Å². The van der Waals surface area contributed by atoms with E-state index in [1.54, 1.807) is 0 Å². The van der Waals surface area contributed by atoms with Gasteiger partial charge in [-0.3, -0.25) is 9.59 Å². The second-order valence-electron chi connectivity index (χ2n) is 5.51. The molecule has 0 spiro atoms. The first-order valence-electron chi connectivity index (χ1n) is 7.14. The molecule has 2 atom stereocenters. The highest BCUT2D eigenvalue weighted by Crippen LogP contribution is 2.33. The first kappa shape index (κ1) is 14.6. The quantitative estimate of drug-likeness (QED) is 0.887. The topological polar surface area (TPSA) is 66.4 Å². The van der Waals surface area contributed by atoms with Crippen LogP contribution in [0.15, 0.2) is 24.3 Å². The molecule has 1 heterocycles. The van der Waals surface area contributed by atoms with Gasteiger partial charge >= 0.3 is 5.97 Å². The van der Waals surface area contributed by atoms with Gasteiger partial charge in [-0.1, -0.05) is 36.2 Å². The van der Waals surface area contributed by atoms with Crippen molar-refractivity contribution >= 4 is 11.9 Å². The summed E-state index contributed by atoms with van der Waals surface area (Å²) in [6.07, 6.45) is 2.69. The molecule has 4 nitrogen and oxygen atoms in total. The van der Waals surface area contributed by atoms with Gasteiger partial charge in [0.1, 0.15) is 0 Å². The van der Waals surface area contributed by atoms with Crippen LogP contribution in [-0.4, -0.2) is 23.5 Å². The molecule has 1 aromatic rings. The van der Waals surface area contributed by atoms with Gasteiger partial charge in [0, 0.05) is 18.4 Å². The highest BCUT2D eigenvalue weighted by atomic mass is 16.4. The third-order valence-corrected chi connectivity index (χ3v) is 3.96. The predicted molar refractivity (Wildman–Crippen MR) is 76.5 cm³/mol. The fourth-order valence-electron chi connectivity index (χ4n) is 2.84. The molecule has 0 bridgehead atoms. The van der Waals surface area contributed by atoms with Crippen LogP contribution >= 0.6 is 0 Å². The summed E-state index contributed by atoms with van der Waals surface area (Å²) in [5, 5.41) is 12.1. The fourth-order valence-corrected chi connectivity index (χ4v) is 2.84. The van der Waals surface area contributed by atoms with Crippen LogP contribution in [0.2, 0.25) is 0 Å². The number of aryl methyl sites for hydroxylation is 1. The first-order chi connectivity index (χ1) is 9.58. The average molecular weight is 275 g/mol. The van der Waals surface area contributed by atoms with Gasteiger partial charge in [-0.05, 0) is 25.3 Å². The summed E-state index contributed by atoms with van der Waals surface area (Å²) in [7, 11) is 0. The molecule has 0 radical (unpaired) electrons. The van der Waals surface area contributed by atoms with Crippen molar-refractivity contribution in [2.24, 2.45) is 5.92 Å². The van der Waals surface area contributed by atoms with E-state index in [1.165, 1.54) is 0 Å². The molecule has 1 saturated heterocycles. The SMILES string of the molecule is Cc1ccc(C(CC(=O)O)C2CCCCNC2=O)cc1. The number of hydrogen-bond donors (Lipinski definition) is 2. The number of hydrogen-bond acceptors (Lipinski definition) is 2. The molecule has 1 aliphatic rings. The zero-order valence-electron chi connectivity index (χ0n) is 11.8. The minimum Gasteiger partial charge on any atom is -0.481 e. The third kappa shape index (κ3) is 3.59. The molecule has 2 N–H and O–H groups in total. The molecule has 1 aromatic carbocycles. The summed E-state index contributed by atoms with van der Waals surface area (Å²) in [4.78, 5) is 23.3. The van der Waals surface area contributed by atoms with Crippen LogP contribution in [0.4, 0.5) is 0 Å². The maximum absolute atomic E-state index is 12.2. The van der Waals surface area contributed by atoms with Crippen molar-refractivity contribution in [2.75, 3.05) is 6.54 Å². The van der Waals surface area contributed by atoms with Crippen molar-refractivity contribution in [1.29, 1.82) is 0 Å². The van der Waals surface area contributed by atoms with Crippen LogP contribution in [0.5, 0.6) is 0 Å². The number of carboxylic acids is 1. The van der Waals surface area contributed by atoms with Crippen molar-refractivity contribution in [1.82, 2.24) is 5.32 Å². The Balaban J connectivity index is 2.28. The van der Waals surface area contributed by atoms with Crippen molar-refractivity contribution in [3.8, 4) is 0 Å². The van der Waals surface area contributed by atoms with Gasteiger partial charge in [-0.25, -0.2) is 0 Å². The molecular weight excluding hydrogens is 254 g/mol. The van der Waals surface area contributed by atoms with Gasteiger partial charge in [0.25, 0.3) is 0 Å². The van der Waals surface area contributed by atoms with Gasteiger partial charge in [0.2, 0.25) is 5.91 Å². The van der Waals surface area contributed by atoms with E-state index in [4.69, 9.17) is 5.11 Å². The van der Waals surface area contributed by atoms with Crippen LogP contribution in [-0.2, 0) is 9.59 Å². The van der Waals surface area contributed by atoms with Crippen LogP contribution in [0.25, 0.3) is 0 Å². The van der Waals surface area contributed by atoms with Crippen LogP contribution < -0.4 is 5.32 Å². The standard InChI is InChI=1S/C16H21NO3/c1-11-5-7-12(8-6-11)14(10-15(18)19)13-4-2-3-9-17-16(13)20/h5-8,13-14H,2-4,9-10H2,1H3,(H,17,20)(H,18,19). The van der Waals surface area contributed by atoms with Crippen LogP contribution in [0.1, 0.15) is 42.7 Å². The largest absolute Gasteiger partial charge is 0.481 e. The number of amides is 1. The number of nitrogens with one attached hydrogen (secondary N) is 1. The lowest BCUT2D eigenvalue weighted by molar-refractivity contribution is -0.138. The van der Waals surface area contributed by atoms with Crippen molar-refractivity contribution < 1.29 is 14.7 Å². The predicted octanol–water partition coefficient (Wildman–Crippen LogP) is 2.47. The molecule has 0 aromatic heterocycles. The van der Waals surface area contributed by atoms with E-state index in [1.807, 2.05) is 31.2 Å². The summed E-state index contributed by atoms with van der Waals surface area (Å²) < 4.78 is 0. The molecule has 0 aliphatic carbocycles. The summed E-state index contributed by atoms with van der Waals surface area (Å²) >= 11 is 0. The number of aliphatic carboxylic acids is 1. The second-order valence-corrected chi connectivity index (χ2v) is 5.51. The number of carboxylic acid groups (broad SMARTS) is 1.